The first-order chi connectivity index (χ1) is 8.89. The standard InChI is InChI=1S/C11H8F3N3O2/c1-6-9(17-19-16-6)10(18)15-8-5-3-2-4-7(8)11(12,13)14/h2-5H,1H3,(H,15,18). The summed E-state index contributed by atoms with van der Waals surface area (Å²) in [7, 11) is 0. The summed E-state index contributed by atoms with van der Waals surface area (Å²) in [4.78, 5) is 11.7. The van der Waals surface area contributed by atoms with E-state index < -0.39 is 17.6 Å². The number of amides is 1. The lowest BCUT2D eigenvalue weighted by Crippen LogP contribution is -2.17. The number of alkyl halides is 3. The third kappa shape index (κ3) is 2.72. The van der Waals surface area contributed by atoms with Gasteiger partial charge in [0.25, 0.3) is 5.91 Å². The van der Waals surface area contributed by atoms with Crippen LogP contribution in [0.1, 0.15) is 21.7 Å². The molecule has 1 aromatic heterocycles. The fourth-order valence-electron chi connectivity index (χ4n) is 1.46. The Kier molecular flexibility index (Phi) is 3.24. The van der Waals surface area contributed by atoms with Gasteiger partial charge in [0.15, 0.2) is 5.69 Å². The van der Waals surface area contributed by atoms with Gasteiger partial charge < -0.3 is 5.32 Å². The Morgan fingerprint density at radius 3 is 2.53 bits per heavy atom. The van der Waals surface area contributed by atoms with Crippen LogP contribution < -0.4 is 5.32 Å². The molecule has 0 aliphatic heterocycles. The Morgan fingerprint density at radius 2 is 1.95 bits per heavy atom. The quantitative estimate of drug-likeness (QED) is 0.911. The van der Waals surface area contributed by atoms with Crippen LogP contribution in [0.15, 0.2) is 28.9 Å². The molecule has 2 rings (SSSR count). The van der Waals surface area contributed by atoms with Crippen molar-refractivity contribution >= 4 is 11.6 Å². The second-order valence-corrected chi connectivity index (χ2v) is 3.70. The molecule has 1 heterocycles. The van der Waals surface area contributed by atoms with Gasteiger partial charge in [0.1, 0.15) is 5.69 Å². The first-order valence-corrected chi connectivity index (χ1v) is 5.16. The van der Waals surface area contributed by atoms with E-state index in [0.717, 1.165) is 12.1 Å². The molecule has 1 aromatic carbocycles. The van der Waals surface area contributed by atoms with E-state index in [-0.39, 0.29) is 17.1 Å². The highest BCUT2D eigenvalue weighted by Crippen LogP contribution is 2.34. The number of aromatic nitrogens is 2. The zero-order valence-electron chi connectivity index (χ0n) is 9.65. The average Bonchev–Trinajstić information content (AvgIpc) is 2.75. The normalized spacial score (nSPS) is 11.4. The lowest BCUT2D eigenvalue weighted by molar-refractivity contribution is -0.136. The molecule has 5 nitrogen and oxygen atoms in total. The molecule has 0 spiro atoms. The van der Waals surface area contributed by atoms with Gasteiger partial charge in [-0.05, 0) is 24.2 Å². The third-order valence-corrected chi connectivity index (χ3v) is 2.35. The molecule has 0 aliphatic rings. The fraction of sp³-hybridized carbons (Fsp3) is 0.182. The van der Waals surface area contributed by atoms with E-state index >= 15 is 0 Å². The maximum atomic E-state index is 12.7. The maximum absolute atomic E-state index is 12.7. The minimum atomic E-state index is -4.55. The maximum Gasteiger partial charge on any atom is 0.418 e. The molecule has 0 unspecified atom stereocenters. The van der Waals surface area contributed by atoms with Gasteiger partial charge in [-0.2, -0.15) is 13.2 Å². The van der Waals surface area contributed by atoms with Gasteiger partial charge in [-0.15, -0.1) is 0 Å². The van der Waals surface area contributed by atoms with Crippen LogP contribution in [-0.4, -0.2) is 16.2 Å². The first kappa shape index (κ1) is 13.1. The Bertz CT molecular complexity index is 607. The summed E-state index contributed by atoms with van der Waals surface area (Å²) in [5, 5.41) is 8.84. The molecule has 0 saturated carbocycles. The van der Waals surface area contributed by atoms with Crippen molar-refractivity contribution in [1.29, 1.82) is 0 Å². The summed E-state index contributed by atoms with van der Waals surface area (Å²) in [6, 6.07) is 4.66. The van der Waals surface area contributed by atoms with Crippen LogP contribution in [0.4, 0.5) is 18.9 Å². The van der Waals surface area contributed by atoms with Gasteiger partial charge in [-0.25, -0.2) is 4.63 Å². The van der Waals surface area contributed by atoms with Crippen LogP contribution in [0.3, 0.4) is 0 Å². The van der Waals surface area contributed by atoms with E-state index in [2.05, 4.69) is 20.3 Å². The molecule has 0 atom stereocenters. The number of hydrogen-bond acceptors (Lipinski definition) is 4. The van der Waals surface area contributed by atoms with Gasteiger partial charge in [-0.1, -0.05) is 17.3 Å². The zero-order valence-corrected chi connectivity index (χ0v) is 9.65. The third-order valence-electron chi connectivity index (χ3n) is 2.35. The molecule has 0 fully saturated rings. The Morgan fingerprint density at radius 1 is 1.26 bits per heavy atom. The second-order valence-electron chi connectivity index (χ2n) is 3.70. The summed E-state index contributed by atoms with van der Waals surface area (Å²) < 4.78 is 42.5. The van der Waals surface area contributed by atoms with Crippen LogP contribution in [-0.2, 0) is 6.18 Å². The van der Waals surface area contributed by atoms with E-state index in [4.69, 9.17) is 0 Å². The van der Waals surface area contributed by atoms with Gasteiger partial charge in [0.2, 0.25) is 0 Å². The smallest absolute Gasteiger partial charge is 0.320 e. The minimum absolute atomic E-state index is 0.156. The van der Waals surface area contributed by atoms with Crippen molar-refractivity contribution in [3.8, 4) is 0 Å². The van der Waals surface area contributed by atoms with Crippen LogP contribution in [0.2, 0.25) is 0 Å². The van der Waals surface area contributed by atoms with Crippen LogP contribution >= 0.6 is 0 Å². The Hall–Kier alpha value is -2.38. The molecule has 2 aromatic rings. The summed E-state index contributed by atoms with van der Waals surface area (Å²) in [6.07, 6.45) is -4.55. The van der Waals surface area contributed by atoms with E-state index in [9.17, 15) is 18.0 Å². The zero-order chi connectivity index (χ0) is 14.0. The molecule has 0 saturated heterocycles. The molecule has 19 heavy (non-hydrogen) atoms. The highest BCUT2D eigenvalue weighted by molar-refractivity contribution is 6.03. The summed E-state index contributed by atoms with van der Waals surface area (Å²) >= 11 is 0. The highest BCUT2D eigenvalue weighted by Gasteiger charge is 2.33. The van der Waals surface area contributed by atoms with E-state index in [1.807, 2.05) is 0 Å². The van der Waals surface area contributed by atoms with Crippen molar-refractivity contribution in [2.45, 2.75) is 13.1 Å². The lowest BCUT2D eigenvalue weighted by Gasteiger charge is -2.12. The summed E-state index contributed by atoms with van der Waals surface area (Å²) in [6.45, 7) is 1.46. The van der Waals surface area contributed by atoms with Crippen LogP contribution in [0.25, 0.3) is 0 Å². The monoisotopic (exact) mass is 271 g/mol. The molecule has 1 N–H and O–H groups in total. The molecule has 100 valence electrons. The van der Waals surface area contributed by atoms with Crippen molar-refractivity contribution in [2.24, 2.45) is 0 Å². The number of carbonyl (C=O) groups excluding carboxylic acids is 1. The Labute approximate surface area is 105 Å². The molecule has 0 radical (unpaired) electrons. The number of hydrogen-bond donors (Lipinski definition) is 1. The van der Waals surface area contributed by atoms with E-state index in [1.165, 1.54) is 19.1 Å². The SMILES string of the molecule is Cc1nonc1C(=O)Nc1ccccc1C(F)(F)F. The van der Waals surface area contributed by atoms with E-state index in [0.29, 0.717) is 0 Å². The molecule has 0 aliphatic carbocycles. The van der Waals surface area contributed by atoms with Crippen LogP contribution in [0.5, 0.6) is 0 Å². The molecular formula is C11H8F3N3O2. The lowest BCUT2D eigenvalue weighted by atomic mass is 10.1. The van der Waals surface area contributed by atoms with Crippen molar-refractivity contribution in [2.75, 3.05) is 5.32 Å². The number of nitrogens with zero attached hydrogens (tertiary/aromatic N) is 2. The largest absolute Gasteiger partial charge is 0.418 e. The number of aryl methyl sites for hydroxylation is 1. The number of halogens is 3. The minimum Gasteiger partial charge on any atom is -0.320 e. The van der Waals surface area contributed by atoms with Gasteiger partial charge in [0.05, 0.1) is 11.3 Å². The number of rotatable bonds is 2. The number of benzene rings is 1. The predicted molar refractivity (Wildman–Crippen MR) is 58.4 cm³/mol. The van der Waals surface area contributed by atoms with Crippen molar-refractivity contribution in [3.63, 3.8) is 0 Å². The number of nitrogens with one attached hydrogen (secondary N) is 1. The fourth-order valence-corrected chi connectivity index (χ4v) is 1.46. The Balaban J connectivity index is 2.30. The number of carbonyl (C=O) groups is 1. The average molecular weight is 271 g/mol. The van der Waals surface area contributed by atoms with Crippen molar-refractivity contribution in [3.05, 3.63) is 41.2 Å². The first-order valence-electron chi connectivity index (χ1n) is 5.16. The molecule has 1 amide bonds. The van der Waals surface area contributed by atoms with Crippen molar-refractivity contribution < 1.29 is 22.6 Å². The molecular weight excluding hydrogens is 263 g/mol. The van der Waals surface area contributed by atoms with Crippen LogP contribution in [0, 0.1) is 6.92 Å². The number of anilines is 1. The number of para-hydroxylation sites is 1. The highest BCUT2D eigenvalue weighted by atomic mass is 19.4. The molecule has 8 heteroatoms. The molecule has 0 bridgehead atoms. The van der Waals surface area contributed by atoms with Gasteiger partial charge in [0, 0.05) is 0 Å². The van der Waals surface area contributed by atoms with Gasteiger partial charge >= 0.3 is 6.18 Å². The topological polar surface area (TPSA) is 68.0 Å². The van der Waals surface area contributed by atoms with E-state index in [1.54, 1.807) is 0 Å². The summed E-state index contributed by atoms with van der Waals surface area (Å²) in [5.74, 6) is -0.810. The van der Waals surface area contributed by atoms with Gasteiger partial charge in [-0.3, -0.25) is 4.79 Å². The van der Waals surface area contributed by atoms with Crippen molar-refractivity contribution in [1.82, 2.24) is 10.3 Å². The predicted octanol–water partition coefficient (Wildman–Crippen LogP) is 2.65. The second kappa shape index (κ2) is 4.71. The summed E-state index contributed by atoms with van der Waals surface area (Å²) in [5.41, 5.74) is -1.24.